The zero-order valence-electron chi connectivity index (χ0n) is 20.3. The molecule has 1 amide bonds. The van der Waals surface area contributed by atoms with Crippen LogP contribution in [-0.4, -0.2) is 36.2 Å². The average molecular weight is 570 g/mol. The molecule has 0 saturated heterocycles. The van der Waals surface area contributed by atoms with Gasteiger partial charge in [-0.25, -0.2) is 10.2 Å². The van der Waals surface area contributed by atoms with Crippen molar-refractivity contribution in [1.82, 2.24) is 5.43 Å². The van der Waals surface area contributed by atoms with Gasteiger partial charge in [0.05, 0.1) is 23.3 Å². The Morgan fingerprint density at radius 2 is 1.70 bits per heavy atom. The number of hydrogen-bond donors (Lipinski definition) is 1. The number of rotatable bonds is 10. The summed E-state index contributed by atoms with van der Waals surface area (Å²) in [7, 11) is 0. The molecule has 37 heavy (non-hydrogen) atoms. The van der Waals surface area contributed by atoms with E-state index in [0.29, 0.717) is 40.4 Å². The van der Waals surface area contributed by atoms with E-state index in [0.717, 1.165) is 4.47 Å². The van der Waals surface area contributed by atoms with Gasteiger partial charge in [-0.1, -0.05) is 15.9 Å². The van der Waals surface area contributed by atoms with Crippen LogP contribution in [0.25, 0.3) is 0 Å². The second kappa shape index (κ2) is 12.6. The summed E-state index contributed by atoms with van der Waals surface area (Å²) in [5, 5.41) is 14.9. The summed E-state index contributed by atoms with van der Waals surface area (Å²) in [4.78, 5) is 35.1. The number of nitrogens with zero attached hydrogens (tertiary/aromatic N) is 2. The van der Waals surface area contributed by atoms with Crippen molar-refractivity contribution in [3.63, 3.8) is 0 Å². The zero-order chi connectivity index (χ0) is 26.9. The number of carbonyl (C=O) groups is 2. The summed E-state index contributed by atoms with van der Waals surface area (Å²) in [5.41, 5.74) is 4.40. The topological polar surface area (TPSA) is 129 Å². The second-order valence-electron chi connectivity index (χ2n) is 7.78. The van der Waals surface area contributed by atoms with Gasteiger partial charge < -0.3 is 14.2 Å². The number of esters is 1. The first-order valence-electron chi connectivity index (χ1n) is 11.1. The molecule has 192 valence electrons. The number of benzene rings is 3. The van der Waals surface area contributed by atoms with Gasteiger partial charge in [0, 0.05) is 16.6 Å². The lowest BCUT2D eigenvalue weighted by Crippen LogP contribution is -2.25. The number of non-ortho nitro benzene ring substituents is 1. The highest BCUT2D eigenvalue weighted by atomic mass is 79.9. The molecule has 0 spiro atoms. The van der Waals surface area contributed by atoms with Crippen LogP contribution in [0.5, 0.6) is 17.2 Å². The van der Waals surface area contributed by atoms with E-state index in [1.54, 1.807) is 63.2 Å². The van der Waals surface area contributed by atoms with E-state index in [4.69, 9.17) is 14.2 Å². The minimum Gasteiger partial charge on any atom is -0.490 e. The van der Waals surface area contributed by atoms with E-state index < -0.39 is 16.8 Å². The Kier molecular flexibility index (Phi) is 9.33. The quantitative estimate of drug-likeness (QED) is 0.118. The molecule has 0 atom stereocenters. The lowest BCUT2D eigenvalue weighted by atomic mass is 10.1. The molecule has 0 bridgehead atoms. The molecule has 10 nitrogen and oxygen atoms in total. The Balaban J connectivity index is 1.60. The van der Waals surface area contributed by atoms with E-state index in [-0.39, 0.29) is 18.0 Å². The summed E-state index contributed by atoms with van der Waals surface area (Å²) in [6.45, 7) is 5.16. The highest BCUT2D eigenvalue weighted by molar-refractivity contribution is 9.10. The summed E-state index contributed by atoms with van der Waals surface area (Å²) in [6, 6.07) is 14.4. The van der Waals surface area contributed by atoms with Crippen LogP contribution in [0.4, 0.5) is 5.69 Å². The number of hydrazone groups is 1. The van der Waals surface area contributed by atoms with Gasteiger partial charge in [0.1, 0.15) is 5.75 Å². The van der Waals surface area contributed by atoms with Gasteiger partial charge in [-0.3, -0.25) is 14.9 Å². The minimum atomic E-state index is -0.527. The molecule has 3 rings (SSSR count). The third kappa shape index (κ3) is 7.61. The van der Waals surface area contributed by atoms with Crippen molar-refractivity contribution < 1.29 is 28.7 Å². The monoisotopic (exact) mass is 569 g/mol. The first kappa shape index (κ1) is 27.3. The van der Waals surface area contributed by atoms with Gasteiger partial charge in [-0.15, -0.1) is 0 Å². The predicted molar refractivity (Wildman–Crippen MR) is 141 cm³/mol. The molecule has 0 aliphatic rings. The molecule has 3 aromatic rings. The third-order valence-corrected chi connectivity index (χ3v) is 5.49. The Morgan fingerprint density at radius 1 is 1.03 bits per heavy atom. The third-order valence-electron chi connectivity index (χ3n) is 4.96. The Labute approximate surface area is 221 Å². The highest BCUT2D eigenvalue weighted by Crippen LogP contribution is 2.30. The number of ether oxygens (including phenoxy) is 3. The van der Waals surface area contributed by atoms with Crippen molar-refractivity contribution in [2.75, 3.05) is 13.2 Å². The molecule has 0 aliphatic carbocycles. The molecule has 0 heterocycles. The van der Waals surface area contributed by atoms with Crippen LogP contribution in [0, 0.1) is 24.0 Å². The van der Waals surface area contributed by atoms with Crippen LogP contribution in [0.1, 0.15) is 34.0 Å². The lowest BCUT2D eigenvalue weighted by molar-refractivity contribution is -0.385. The van der Waals surface area contributed by atoms with Crippen molar-refractivity contribution >= 4 is 39.7 Å². The molecular weight excluding hydrogens is 546 g/mol. The number of aryl methyl sites for hydroxylation is 2. The Morgan fingerprint density at radius 3 is 2.32 bits per heavy atom. The van der Waals surface area contributed by atoms with E-state index in [9.17, 15) is 19.7 Å². The SMILES string of the molecule is CCOc1cc(/C=N/NC(=O)COc2c(C)cc([N+](=O)[O-])cc2C)ccc1OC(=O)c1ccc(Br)cc1. The zero-order valence-corrected chi connectivity index (χ0v) is 21.9. The first-order chi connectivity index (χ1) is 17.7. The number of amides is 1. The maximum Gasteiger partial charge on any atom is 0.343 e. The van der Waals surface area contributed by atoms with Crippen LogP contribution in [0.2, 0.25) is 0 Å². The second-order valence-corrected chi connectivity index (χ2v) is 8.70. The van der Waals surface area contributed by atoms with Crippen LogP contribution >= 0.6 is 15.9 Å². The average Bonchev–Trinajstić information content (AvgIpc) is 2.85. The normalized spacial score (nSPS) is 10.7. The van der Waals surface area contributed by atoms with Crippen LogP contribution in [0.3, 0.4) is 0 Å². The standard InChI is InChI=1S/C26H24BrN3O7/c1-4-35-23-13-18(5-10-22(23)37-26(32)19-6-8-20(27)9-7-19)14-28-29-24(31)15-36-25-16(2)11-21(30(33)34)12-17(25)3/h5-14H,4,15H2,1-3H3,(H,29,31)/b28-14+. The maximum atomic E-state index is 12.5. The smallest absolute Gasteiger partial charge is 0.343 e. The van der Waals surface area contributed by atoms with Crippen LogP contribution in [0.15, 0.2) is 64.2 Å². The summed E-state index contributed by atoms with van der Waals surface area (Å²) in [5.74, 6) is -0.0487. The molecule has 0 aromatic heterocycles. The van der Waals surface area contributed by atoms with Crippen molar-refractivity contribution in [3.8, 4) is 17.2 Å². The largest absolute Gasteiger partial charge is 0.490 e. The van der Waals surface area contributed by atoms with E-state index in [1.807, 2.05) is 0 Å². The van der Waals surface area contributed by atoms with Gasteiger partial charge in [0.2, 0.25) is 0 Å². The van der Waals surface area contributed by atoms with Crippen molar-refractivity contribution in [2.24, 2.45) is 5.10 Å². The first-order valence-corrected chi connectivity index (χ1v) is 11.9. The number of hydrogen-bond acceptors (Lipinski definition) is 8. The summed E-state index contributed by atoms with van der Waals surface area (Å²) in [6.07, 6.45) is 1.41. The summed E-state index contributed by atoms with van der Waals surface area (Å²) >= 11 is 3.32. The Bertz CT molecular complexity index is 1320. The fourth-order valence-electron chi connectivity index (χ4n) is 3.31. The van der Waals surface area contributed by atoms with Crippen molar-refractivity contribution in [3.05, 3.63) is 91.4 Å². The number of halogens is 1. The molecule has 11 heteroatoms. The molecular formula is C26H24BrN3O7. The highest BCUT2D eigenvalue weighted by Gasteiger charge is 2.15. The van der Waals surface area contributed by atoms with Gasteiger partial charge in [0.15, 0.2) is 18.1 Å². The van der Waals surface area contributed by atoms with Crippen LogP contribution in [-0.2, 0) is 4.79 Å². The van der Waals surface area contributed by atoms with Crippen molar-refractivity contribution in [2.45, 2.75) is 20.8 Å². The molecule has 0 unspecified atom stereocenters. The maximum absolute atomic E-state index is 12.5. The molecule has 1 N–H and O–H groups in total. The predicted octanol–water partition coefficient (Wildman–Crippen LogP) is 5.12. The lowest BCUT2D eigenvalue weighted by Gasteiger charge is -2.12. The van der Waals surface area contributed by atoms with Gasteiger partial charge in [-0.2, -0.15) is 5.10 Å². The van der Waals surface area contributed by atoms with Crippen LogP contribution < -0.4 is 19.6 Å². The number of nitrogens with one attached hydrogen (secondary N) is 1. The molecule has 0 radical (unpaired) electrons. The van der Waals surface area contributed by atoms with E-state index in [1.165, 1.54) is 18.3 Å². The van der Waals surface area contributed by atoms with Gasteiger partial charge in [0.25, 0.3) is 11.6 Å². The molecule has 0 fully saturated rings. The number of nitro benzene ring substituents is 1. The molecule has 3 aromatic carbocycles. The fraction of sp³-hybridized carbons (Fsp3) is 0.192. The minimum absolute atomic E-state index is 0.0445. The summed E-state index contributed by atoms with van der Waals surface area (Å²) < 4.78 is 17.5. The van der Waals surface area contributed by atoms with E-state index in [2.05, 4.69) is 26.5 Å². The number of nitro groups is 1. The Hall–Kier alpha value is -4.25. The van der Waals surface area contributed by atoms with Crippen molar-refractivity contribution in [1.29, 1.82) is 0 Å². The fourth-order valence-corrected chi connectivity index (χ4v) is 3.58. The van der Waals surface area contributed by atoms with Gasteiger partial charge >= 0.3 is 5.97 Å². The molecule has 0 aliphatic heterocycles. The van der Waals surface area contributed by atoms with E-state index >= 15 is 0 Å². The number of carbonyl (C=O) groups excluding carboxylic acids is 2. The van der Waals surface area contributed by atoms with Gasteiger partial charge in [-0.05, 0) is 79.9 Å². The molecule has 0 saturated carbocycles.